The van der Waals surface area contributed by atoms with E-state index in [0.717, 1.165) is 18.4 Å². The Labute approximate surface area is 71.2 Å². The minimum atomic E-state index is -0.177. The van der Waals surface area contributed by atoms with Gasteiger partial charge in [-0.05, 0) is 24.5 Å². The third kappa shape index (κ3) is 0.974. The van der Waals surface area contributed by atoms with Gasteiger partial charge in [0.2, 0.25) is 0 Å². The van der Waals surface area contributed by atoms with Crippen molar-refractivity contribution in [2.75, 3.05) is 6.54 Å². The van der Waals surface area contributed by atoms with E-state index in [1.165, 1.54) is 0 Å². The third-order valence-electron chi connectivity index (χ3n) is 2.78. The van der Waals surface area contributed by atoms with Crippen LogP contribution in [0.3, 0.4) is 0 Å². The van der Waals surface area contributed by atoms with Gasteiger partial charge in [0.05, 0.1) is 18.6 Å². The van der Waals surface area contributed by atoms with Gasteiger partial charge in [0, 0.05) is 12.0 Å². The topological polar surface area (TPSA) is 59.4 Å². The molecule has 1 aromatic heterocycles. The van der Waals surface area contributed by atoms with Gasteiger partial charge >= 0.3 is 0 Å². The summed E-state index contributed by atoms with van der Waals surface area (Å²) in [4.78, 5) is 0. The summed E-state index contributed by atoms with van der Waals surface area (Å²) < 4.78 is 5.00. The highest BCUT2D eigenvalue weighted by Gasteiger charge is 2.44. The average molecular weight is 167 g/mol. The molecule has 0 amide bonds. The number of aliphatic hydroxyl groups is 1. The van der Waals surface area contributed by atoms with Crippen LogP contribution in [0.2, 0.25) is 0 Å². The second kappa shape index (κ2) is 2.61. The smallest absolute Gasteiger partial charge is 0.0940 e. The molecule has 3 heteroatoms. The lowest BCUT2D eigenvalue weighted by molar-refractivity contribution is 0.0219. The van der Waals surface area contributed by atoms with Gasteiger partial charge in [0.1, 0.15) is 0 Å². The Bertz CT molecular complexity index is 250. The fraction of sp³-hybridized carbons (Fsp3) is 0.556. The van der Waals surface area contributed by atoms with Crippen LogP contribution in [0, 0.1) is 0 Å². The fourth-order valence-electron chi connectivity index (χ4n) is 1.93. The van der Waals surface area contributed by atoms with Crippen molar-refractivity contribution in [1.29, 1.82) is 0 Å². The molecule has 1 aromatic rings. The normalized spacial score (nSPS) is 34.7. The predicted octanol–water partition coefficient (Wildman–Crippen LogP) is 0.631. The summed E-state index contributed by atoms with van der Waals surface area (Å²) in [5.74, 6) is 0. The fourth-order valence-corrected chi connectivity index (χ4v) is 1.93. The van der Waals surface area contributed by atoms with Crippen molar-refractivity contribution in [3.05, 3.63) is 24.2 Å². The van der Waals surface area contributed by atoms with E-state index < -0.39 is 0 Å². The summed E-state index contributed by atoms with van der Waals surface area (Å²) in [5.41, 5.74) is 6.78. The first-order chi connectivity index (χ1) is 5.77. The Hall–Kier alpha value is -0.800. The molecule has 3 nitrogen and oxygen atoms in total. The lowest BCUT2D eigenvalue weighted by Gasteiger charge is -2.44. The van der Waals surface area contributed by atoms with Crippen LogP contribution in [-0.4, -0.2) is 17.8 Å². The lowest BCUT2D eigenvalue weighted by Crippen LogP contribution is -2.49. The van der Waals surface area contributed by atoms with Gasteiger partial charge in [-0.25, -0.2) is 0 Å². The van der Waals surface area contributed by atoms with Gasteiger partial charge in [0.25, 0.3) is 0 Å². The molecule has 2 rings (SSSR count). The summed E-state index contributed by atoms with van der Waals surface area (Å²) in [6.07, 6.45) is 4.73. The number of rotatable bonds is 2. The molecule has 0 saturated heterocycles. The molecule has 66 valence electrons. The van der Waals surface area contributed by atoms with Gasteiger partial charge < -0.3 is 15.3 Å². The average Bonchev–Trinajstić information content (AvgIpc) is 2.50. The first-order valence-corrected chi connectivity index (χ1v) is 4.18. The highest BCUT2D eigenvalue weighted by Crippen LogP contribution is 2.43. The van der Waals surface area contributed by atoms with Gasteiger partial charge in [-0.3, -0.25) is 0 Å². The second-order valence-electron chi connectivity index (χ2n) is 3.56. The van der Waals surface area contributed by atoms with E-state index in [1.807, 2.05) is 6.07 Å². The standard InChI is InChI=1S/C9H13NO2/c10-6-9(3-8(11)4-9)7-1-2-12-5-7/h1-2,5,8,11H,3-4,6,10H2. The number of hydrogen-bond acceptors (Lipinski definition) is 3. The van der Waals surface area contributed by atoms with Gasteiger partial charge in [-0.2, -0.15) is 0 Å². The molecule has 1 heterocycles. The van der Waals surface area contributed by atoms with Crippen molar-refractivity contribution in [2.45, 2.75) is 24.4 Å². The molecule has 12 heavy (non-hydrogen) atoms. The number of hydrogen-bond donors (Lipinski definition) is 2. The van der Waals surface area contributed by atoms with E-state index in [2.05, 4.69) is 0 Å². The zero-order valence-corrected chi connectivity index (χ0v) is 6.86. The lowest BCUT2D eigenvalue weighted by atomic mass is 9.63. The van der Waals surface area contributed by atoms with Crippen LogP contribution in [-0.2, 0) is 5.41 Å². The zero-order chi connectivity index (χ0) is 8.60. The highest BCUT2D eigenvalue weighted by atomic mass is 16.3. The number of furan rings is 1. The van der Waals surface area contributed by atoms with E-state index in [-0.39, 0.29) is 11.5 Å². The van der Waals surface area contributed by atoms with Crippen LogP contribution in [0.25, 0.3) is 0 Å². The Morgan fingerprint density at radius 2 is 2.42 bits per heavy atom. The maximum Gasteiger partial charge on any atom is 0.0940 e. The van der Waals surface area contributed by atoms with Gasteiger partial charge in [-0.1, -0.05) is 0 Å². The van der Waals surface area contributed by atoms with Crippen molar-refractivity contribution in [2.24, 2.45) is 5.73 Å². The van der Waals surface area contributed by atoms with Crippen LogP contribution in [0.5, 0.6) is 0 Å². The number of aliphatic hydroxyl groups excluding tert-OH is 1. The first kappa shape index (κ1) is 7.83. The zero-order valence-electron chi connectivity index (χ0n) is 6.86. The van der Waals surface area contributed by atoms with E-state index in [9.17, 15) is 5.11 Å². The molecule has 1 aliphatic rings. The van der Waals surface area contributed by atoms with E-state index in [0.29, 0.717) is 6.54 Å². The van der Waals surface area contributed by atoms with E-state index in [1.54, 1.807) is 12.5 Å². The maximum absolute atomic E-state index is 9.23. The Morgan fingerprint density at radius 1 is 1.67 bits per heavy atom. The summed E-state index contributed by atoms with van der Waals surface area (Å²) >= 11 is 0. The summed E-state index contributed by atoms with van der Waals surface area (Å²) in [6.45, 7) is 0.587. The molecule has 1 aliphatic carbocycles. The second-order valence-corrected chi connectivity index (χ2v) is 3.56. The molecule has 0 aromatic carbocycles. The minimum Gasteiger partial charge on any atom is -0.472 e. The number of nitrogens with two attached hydrogens (primary N) is 1. The Morgan fingerprint density at radius 3 is 2.83 bits per heavy atom. The molecule has 0 aliphatic heterocycles. The molecule has 1 saturated carbocycles. The molecule has 0 bridgehead atoms. The van der Waals surface area contributed by atoms with Crippen molar-refractivity contribution in [3.63, 3.8) is 0 Å². The van der Waals surface area contributed by atoms with Crippen molar-refractivity contribution in [3.8, 4) is 0 Å². The molecule has 3 N–H and O–H groups in total. The van der Waals surface area contributed by atoms with Crippen molar-refractivity contribution in [1.82, 2.24) is 0 Å². The first-order valence-electron chi connectivity index (χ1n) is 4.18. The van der Waals surface area contributed by atoms with Crippen LogP contribution in [0.15, 0.2) is 23.0 Å². The summed E-state index contributed by atoms with van der Waals surface area (Å²) in [5, 5.41) is 9.23. The molecule has 0 unspecified atom stereocenters. The van der Waals surface area contributed by atoms with Crippen LogP contribution in [0.1, 0.15) is 18.4 Å². The van der Waals surface area contributed by atoms with E-state index in [4.69, 9.17) is 10.2 Å². The Balaban J connectivity index is 2.20. The van der Waals surface area contributed by atoms with Crippen LogP contribution in [0.4, 0.5) is 0 Å². The maximum atomic E-state index is 9.23. The van der Waals surface area contributed by atoms with Gasteiger partial charge in [0.15, 0.2) is 0 Å². The summed E-state index contributed by atoms with van der Waals surface area (Å²) in [6, 6.07) is 1.93. The quantitative estimate of drug-likeness (QED) is 0.679. The molecular weight excluding hydrogens is 154 g/mol. The largest absolute Gasteiger partial charge is 0.472 e. The van der Waals surface area contributed by atoms with Crippen LogP contribution >= 0.6 is 0 Å². The molecule has 0 radical (unpaired) electrons. The molecule has 0 spiro atoms. The summed E-state index contributed by atoms with van der Waals surface area (Å²) in [7, 11) is 0. The predicted molar refractivity (Wildman–Crippen MR) is 44.7 cm³/mol. The SMILES string of the molecule is NCC1(c2ccoc2)CC(O)C1. The van der Waals surface area contributed by atoms with Crippen molar-refractivity contribution < 1.29 is 9.52 Å². The molecule has 0 atom stereocenters. The van der Waals surface area contributed by atoms with E-state index >= 15 is 0 Å². The van der Waals surface area contributed by atoms with Crippen molar-refractivity contribution >= 4 is 0 Å². The highest BCUT2D eigenvalue weighted by molar-refractivity contribution is 5.26. The van der Waals surface area contributed by atoms with Gasteiger partial charge in [-0.15, -0.1) is 0 Å². The minimum absolute atomic E-state index is 0.00752. The monoisotopic (exact) mass is 167 g/mol. The molecular formula is C9H13NO2. The molecule has 1 fully saturated rings. The third-order valence-corrected chi connectivity index (χ3v) is 2.78. The van der Waals surface area contributed by atoms with Crippen LogP contribution < -0.4 is 5.73 Å². The Kier molecular flexibility index (Phi) is 1.70.